The van der Waals surface area contributed by atoms with Gasteiger partial charge in [-0.1, -0.05) is 42.5 Å². The van der Waals surface area contributed by atoms with Crippen LogP contribution in [0, 0.1) is 6.92 Å². The van der Waals surface area contributed by atoms with E-state index >= 15 is 0 Å². The minimum atomic E-state index is -0.699. The second-order valence-electron chi connectivity index (χ2n) is 9.33. The lowest BCUT2D eigenvalue weighted by Gasteiger charge is -2.32. The van der Waals surface area contributed by atoms with E-state index in [9.17, 15) is 14.7 Å². The Bertz CT molecular complexity index is 1230. The third-order valence-electron chi connectivity index (χ3n) is 7.04. The van der Waals surface area contributed by atoms with Gasteiger partial charge in [0.05, 0.1) is 22.2 Å². The molecule has 0 radical (unpaired) electrons. The summed E-state index contributed by atoms with van der Waals surface area (Å²) in [5.41, 5.74) is 7.24. The van der Waals surface area contributed by atoms with Crippen molar-refractivity contribution in [2.75, 3.05) is 18.0 Å². The molecule has 2 unspecified atom stereocenters. The summed E-state index contributed by atoms with van der Waals surface area (Å²) in [5.74, 6) is -0.353. The number of carbonyl (C=O) groups excluding carboxylic acids is 2. The number of aryl methyl sites for hydroxylation is 1. The van der Waals surface area contributed by atoms with Crippen LogP contribution in [0.3, 0.4) is 0 Å². The number of likely N-dealkylation sites (tertiary alicyclic amines) is 1. The fourth-order valence-electron chi connectivity index (χ4n) is 5.11. The first-order valence-electron chi connectivity index (χ1n) is 12.0. The summed E-state index contributed by atoms with van der Waals surface area (Å²) in [4.78, 5) is 35.6. The van der Waals surface area contributed by atoms with Crippen molar-refractivity contribution in [1.29, 1.82) is 0 Å². The monoisotopic (exact) mass is 490 g/mol. The zero-order valence-corrected chi connectivity index (χ0v) is 20.8. The van der Waals surface area contributed by atoms with Crippen molar-refractivity contribution < 1.29 is 14.7 Å². The van der Waals surface area contributed by atoms with Gasteiger partial charge in [-0.05, 0) is 43.0 Å². The summed E-state index contributed by atoms with van der Waals surface area (Å²) in [6, 6.07) is 15.1. The molecule has 7 nitrogen and oxygen atoms in total. The van der Waals surface area contributed by atoms with Crippen molar-refractivity contribution in [2.45, 2.75) is 51.4 Å². The molecule has 2 N–H and O–H groups in total. The second-order valence-corrected chi connectivity index (χ2v) is 10.2. The Morgan fingerprint density at radius 3 is 2.71 bits per heavy atom. The molecule has 3 aromatic rings. The maximum atomic E-state index is 13.4. The average Bonchev–Trinajstić information content (AvgIpc) is 3.60. The van der Waals surface area contributed by atoms with Crippen LogP contribution in [0.1, 0.15) is 30.2 Å². The van der Waals surface area contributed by atoms with Crippen LogP contribution in [0.25, 0.3) is 10.4 Å². The molecule has 5 rings (SSSR count). The zero-order valence-electron chi connectivity index (χ0n) is 20.0. The van der Waals surface area contributed by atoms with Crippen LogP contribution in [-0.4, -0.2) is 58.1 Å². The van der Waals surface area contributed by atoms with Crippen LogP contribution >= 0.6 is 11.3 Å². The zero-order chi connectivity index (χ0) is 24.5. The first-order chi connectivity index (χ1) is 16.9. The normalized spacial score (nSPS) is 20.1. The van der Waals surface area contributed by atoms with Crippen LogP contribution in [0.5, 0.6) is 0 Å². The molecule has 0 spiro atoms. The lowest BCUT2D eigenvalue weighted by molar-refractivity contribution is -0.139. The van der Waals surface area contributed by atoms with Crippen molar-refractivity contribution in [2.24, 2.45) is 0 Å². The summed E-state index contributed by atoms with van der Waals surface area (Å²) >= 11 is 1.61. The van der Waals surface area contributed by atoms with Gasteiger partial charge in [-0.2, -0.15) is 0 Å². The molecule has 0 saturated carbocycles. The highest BCUT2D eigenvalue weighted by molar-refractivity contribution is 7.13. The number of aromatic nitrogens is 1. The number of benzene rings is 2. The highest BCUT2D eigenvalue weighted by Crippen LogP contribution is 2.31. The molecule has 35 heavy (non-hydrogen) atoms. The summed E-state index contributed by atoms with van der Waals surface area (Å²) < 4.78 is 0. The number of β-amino-alcohol motifs (C(OH)–C–C–N with tert-alkyl or cyclic N) is 1. The standard InChI is InChI=1S/C27H30N4O3S/c1-17-25(35-16-29-17)21-9-7-19(8-10-21)14-28-26(33)24-13-22(32)15-31(24)27(34)18(2)30-12-11-20-5-3-4-6-23(20)30/h3-10,16,18,22,24,32H,11-15H2,1-2H3,(H,28,33)/t18?,22?,24-/m0/s1. The Hall–Kier alpha value is -3.23. The Morgan fingerprint density at radius 2 is 1.97 bits per heavy atom. The van der Waals surface area contributed by atoms with E-state index in [1.54, 1.807) is 16.2 Å². The van der Waals surface area contributed by atoms with Crippen molar-refractivity contribution in [1.82, 2.24) is 15.2 Å². The summed E-state index contributed by atoms with van der Waals surface area (Å²) in [5, 5.41) is 13.3. The van der Waals surface area contributed by atoms with E-state index in [4.69, 9.17) is 0 Å². The van der Waals surface area contributed by atoms with Gasteiger partial charge >= 0.3 is 0 Å². The number of anilines is 1. The maximum absolute atomic E-state index is 13.4. The predicted octanol–water partition coefficient (Wildman–Crippen LogP) is 3.15. The van der Waals surface area contributed by atoms with E-state index in [0.29, 0.717) is 6.54 Å². The largest absolute Gasteiger partial charge is 0.391 e. The van der Waals surface area contributed by atoms with Crippen LogP contribution < -0.4 is 10.2 Å². The lowest BCUT2D eigenvalue weighted by atomic mass is 10.1. The summed E-state index contributed by atoms with van der Waals surface area (Å²) in [7, 11) is 0. The highest BCUT2D eigenvalue weighted by atomic mass is 32.1. The second kappa shape index (κ2) is 9.79. The number of nitrogens with zero attached hydrogens (tertiary/aromatic N) is 3. The number of hydrogen-bond donors (Lipinski definition) is 2. The van der Waals surface area contributed by atoms with E-state index < -0.39 is 18.2 Å². The SMILES string of the molecule is Cc1ncsc1-c1ccc(CNC(=O)[C@@H]2CC(O)CN2C(=O)C(C)N2CCc3ccccc32)cc1. The van der Waals surface area contributed by atoms with Gasteiger partial charge in [0.25, 0.3) is 0 Å². The third kappa shape index (κ3) is 4.68. The van der Waals surface area contributed by atoms with Crippen LogP contribution in [0.15, 0.2) is 54.0 Å². The van der Waals surface area contributed by atoms with Crippen LogP contribution in [0.2, 0.25) is 0 Å². The summed E-state index contributed by atoms with van der Waals surface area (Å²) in [6.45, 7) is 5.20. The predicted molar refractivity (Wildman–Crippen MR) is 137 cm³/mol. The number of fused-ring (bicyclic) bond motifs is 1. The van der Waals surface area contributed by atoms with Gasteiger partial charge in [0.1, 0.15) is 12.1 Å². The Labute approximate surface area is 209 Å². The number of aliphatic hydroxyl groups excluding tert-OH is 1. The number of aliphatic hydroxyl groups is 1. The first kappa shape index (κ1) is 23.5. The smallest absolute Gasteiger partial charge is 0.245 e. The van der Waals surface area contributed by atoms with Gasteiger partial charge < -0.3 is 20.2 Å². The van der Waals surface area contributed by atoms with Gasteiger partial charge in [-0.15, -0.1) is 11.3 Å². The molecule has 3 atom stereocenters. The molecule has 0 aliphatic carbocycles. The van der Waals surface area contributed by atoms with E-state index in [1.165, 1.54) is 5.56 Å². The molecule has 182 valence electrons. The van der Waals surface area contributed by atoms with Gasteiger partial charge in [0.15, 0.2) is 0 Å². The van der Waals surface area contributed by atoms with E-state index in [0.717, 1.165) is 40.4 Å². The molecular weight excluding hydrogens is 460 g/mol. The van der Waals surface area contributed by atoms with E-state index in [1.807, 2.05) is 61.8 Å². The molecule has 1 fully saturated rings. The van der Waals surface area contributed by atoms with E-state index in [-0.39, 0.29) is 24.8 Å². The average molecular weight is 491 g/mol. The minimum absolute atomic E-state index is 0.123. The topological polar surface area (TPSA) is 85.8 Å². The van der Waals surface area contributed by atoms with Crippen molar-refractivity contribution in [3.63, 3.8) is 0 Å². The number of thiazole rings is 1. The quantitative estimate of drug-likeness (QED) is 0.555. The molecular formula is C27H30N4O3S. The number of carbonyl (C=O) groups is 2. The molecule has 1 aromatic heterocycles. The van der Waals surface area contributed by atoms with Crippen LogP contribution in [0.4, 0.5) is 5.69 Å². The Kier molecular flexibility index (Phi) is 6.58. The molecule has 0 bridgehead atoms. The number of para-hydroxylation sites is 1. The molecule has 3 heterocycles. The molecule has 2 amide bonds. The number of nitrogens with one attached hydrogen (secondary N) is 1. The Balaban J connectivity index is 1.23. The maximum Gasteiger partial charge on any atom is 0.245 e. The first-order valence-corrected chi connectivity index (χ1v) is 12.9. The summed E-state index contributed by atoms with van der Waals surface area (Å²) in [6.07, 6.45) is 0.460. The highest BCUT2D eigenvalue weighted by Gasteiger charge is 2.42. The Morgan fingerprint density at radius 1 is 1.20 bits per heavy atom. The van der Waals surface area contributed by atoms with Crippen molar-refractivity contribution >= 4 is 28.8 Å². The van der Waals surface area contributed by atoms with Gasteiger partial charge in [-0.25, -0.2) is 4.98 Å². The molecule has 2 aliphatic heterocycles. The van der Waals surface area contributed by atoms with Gasteiger partial charge in [0.2, 0.25) is 11.8 Å². The third-order valence-corrected chi connectivity index (χ3v) is 8.02. The van der Waals surface area contributed by atoms with Crippen LogP contribution in [-0.2, 0) is 22.6 Å². The van der Waals surface area contributed by atoms with E-state index in [2.05, 4.69) is 21.3 Å². The fourth-order valence-corrected chi connectivity index (χ4v) is 5.92. The number of amides is 2. The number of rotatable bonds is 6. The molecule has 1 saturated heterocycles. The molecule has 8 heteroatoms. The van der Waals surface area contributed by atoms with Gasteiger partial charge in [-0.3, -0.25) is 9.59 Å². The van der Waals surface area contributed by atoms with Crippen molar-refractivity contribution in [3.05, 3.63) is 70.9 Å². The molecule has 2 aliphatic rings. The molecule has 2 aromatic carbocycles. The van der Waals surface area contributed by atoms with Gasteiger partial charge in [0, 0.05) is 31.7 Å². The van der Waals surface area contributed by atoms with Crippen molar-refractivity contribution in [3.8, 4) is 10.4 Å². The number of hydrogen-bond acceptors (Lipinski definition) is 6. The minimum Gasteiger partial charge on any atom is -0.391 e. The fraction of sp³-hybridized carbons (Fsp3) is 0.370. The lowest BCUT2D eigenvalue weighted by Crippen LogP contribution is -2.52.